The first kappa shape index (κ1) is 17.3. The predicted molar refractivity (Wildman–Crippen MR) is 83.4 cm³/mol. The SMILES string of the molecule is CCCCC(CC)COc1nccc(C(=O)OCC)c1N. The van der Waals surface area contributed by atoms with Gasteiger partial charge in [0.25, 0.3) is 0 Å². The number of carbonyl (C=O) groups excluding carboxylic acids is 1. The minimum Gasteiger partial charge on any atom is -0.476 e. The second kappa shape index (κ2) is 9.21. The number of nitrogens with two attached hydrogens (primary N) is 1. The first-order chi connectivity index (χ1) is 10.1. The molecule has 5 heteroatoms. The zero-order valence-corrected chi connectivity index (χ0v) is 13.2. The van der Waals surface area contributed by atoms with Gasteiger partial charge in [-0.25, -0.2) is 9.78 Å². The van der Waals surface area contributed by atoms with Crippen LogP contribution >= 0.6 is 0 Å². The standard InChI is InChI=1S/C16H26N2O3/c1-4-7-8-12(5-2)11-21-15-14(17)13(9-10-18-15)16(19)20-6-3/h9-10,12H,4-8,11,17H2,1-3H3. The number of esters is 1. The molecule has 1 aromatic rings. The summed E-state index contributed by atoms with van der Waals surface area (Å²) in [6.45, 7) is 6.96. The van der Waals surface area contributed by atoms with Crippen LogP contribution in [0.2, 0.25) is 0 Å². The lowest BCUT2D eigenvalue weighted by Gasteiger charge is -2.16. The average molecular weight is 294 g/mol. The van der Waals surface area contributed by atoms with Crippen molar-refractivity contribution < 1.29 is 14.3 Å². The average Bonchev–Trinajstić information content (AvgIpc) is 2.49. The van der Waals surface area contributed by atoms with Crippen molar-refractivity contribution in [2.45, 2.75) is 46.5 Å². The van der Waals surface area contributed by atoms with Crippen LogP contribution in [0.3, 0.4) is 0 Å². The van der Waals surface area contributed by atoms with E-state index in [4.69, 9.17) is 15.2 Å². The van der Waals surface area contributed by atoms with Gasteiger partial charge in [0, 0.05) is 6.20 Å². The fourth-order valence-electron chi connectivity index (χ4n) is 2.05. The Labute approximate surface area is 126 Å². The minimum absolute atomic E-state index is 0.251. The summed E-state index contributed by atoms with van der Waals surface area (Å²) in [4.78, 5) is 15.9. The van der Waals surface area contributed by atoms with E-state index in [9.17, 15) is 4.79 Å². The van der Waals surface area contributed by atoms with Crippen LogP contribution in [0.1, 0.15) is 56.8 Å². The molecule has 1 unspecified atom stereocenters. The molecule has 1 atom stereocenters. The Morgan fingerprint density at radius 1 is 1.38 bits per heavy atom. The molecule has 0 saturated heterocycles. The second-order valence-electron chi connectivity index (χ2n) is 5.03. The third-order valence-corrected chi connectivity index (χ3v) is 3.45. The number of pyridine rings is 1. The third-order valence-electron chi connectivity index (χ3n) is 3.45. The zero-order chi connectivity index (χ0) is 15.7. The van der Waals surface area contributed by atoms with Crippen LogP contribution in [0.25, 0.3) is 0 Å². The van der Waals surface area contributed by atoms with Gasteiger partial charge >= 0.3 is 5.97 Å². The van der Waals surface area contributed by atoms with E-state index in [0.29, 0.717) is 30.6 Å². The van der Waals surface area contributed by atoms with Gasteiger partial charge in [-0.1, -0.05) is 33.1 Å². The number of nitrogens with zero attached hydrogens (tertiary/aromatic N) is 1. The first-order valence-corrected chi connectivity index (χ1v) is 7.68. The van der Waals surface area contributed by atoms with Crippen molar-refractivity contribution in [3.8, 4) is 5.88 Å². The van der Waals surface area contributed by atoms with Gasteiger partial charge < -0.3 is 15.2 Å². The van der Waals surface area contributed by atoms with Crippen molar-refractivity contribution in [2.24, 2.45) is 5.92 Å². The molecule has 0 aliphatic carbocycles. The van der Waals surface area contributed by atoms with Gasteiger partial charge in [-0.05, 0) is 25.3 Å². The highest BCUT2D eigenvalue weighted by Gasteiger charge is 2.16. The van der Waals surface area contributed by atoms with E-state index in [0.717, 1.165) is 12.8 Å². The number of unbranched alkanes of at least 4 members (excludes halogenated alkanes) is 1. The topological polar surface area (TPSA) is 74.4 Å². The summed E-state index contributed by atoms with van der Waals surface area (Å²) in [6.07, 6.45) is 6.07. The summed E-state index contributed by atoms with van der Waals surface area (Å²) in [5.41, 5.74) is 6.51. The maximum Gasteiger partial charge on any atom is 0.340 e. The third kappa shape index (κ3) is 5.25. The summed E-state index contributed by atoms with van der Waals surface area (Å²) in [5, 5.41) is 0. The lowest BCUT2D eigenvalue weighted by atomic mass is 10.0. The van der Waals surface area contributed by atoms with E-state index in [1.54, 1.807) is 13.0 Å². The molecule has 21 heavy (non-hydrogen) atoms. The fraction of sp³-hybridized carbons (Fsp3) is 0.625. The van der Waals surface area contributed by atoms with Crippen molar-refractivity contribution in [3.63, 3.8) is 0 Å². The Kier molecular flexibility index (Phi) is 7.58. The van der Waals surface area contributed by atoms with Gasteiger partial charge in [-0.3, -0.25) is 0 Å². The quantitative estimate of drug-likeness (QED) is 0.706. The highest BCUT2D eigenvalue weighted by molar-refractivity contribution is 5.96. The van der Waals surface area contributed by atoms with Crippen molar-refractivity contribution in [3.05, 3.63) is 17.8 Å². The van der Waals surface area contributed by atoms with Crippen LogP contribution in [0.5, 0.6) is 5.88 Å². The number of rotatable bonds is 9. The van der Waals surface area contributed by atoms with E-state index >= 15 is 0 Å². The molecule has 0 spiro atoms. The number of ether oxygens (including phenoxy) is 2. The molecule has 1 rings (SSSR count). The molecule has 2 N–H and O–H groups in total. The zero-order valence-electron chi connectivity index (χ0n) is 13.2. The highest BCUT2D eigenvalue weighted by atomic mass is 16.5. The van der Waals surface area contributed by atoms with E-state index < -0.39 is 5.97 Å². The molecule has 0 saturated carbocycles. The number of aromatic nitrogens is 1. The molecule has 0 bridgehead atoms. The minimum atomic E-state index is -0.444. The van der Waals surface area contributed by atoms with Crippen LogP contribution in [-0.2, 0) is 4.74 Å². The summed E-state index contributed by atoms with van der Waals surface area (Å²) >= 11 is 0. The van der Waals surface area contributed by atoms with Crippen LogP contribution in [-0.4, -0.2) is 24.2 Å². The normalized spacial score (nSPS) is 12.0. The predicted octanol–water partition coefficient (Wildman–Crippen LogP) is 3.44. The maximum absolute atomic E-state index is 11.8. The Morgan fingerprint density at radius 2 is 2.14 bits per heavy atom. The molecule has 0 aromatic carbocycles. The van der Waals surface area contributed by atoms with Crippen molar-refractivity contribution in [1.82, 2.24) is 4.98 Å². The molecule has 1 aromatic heterocycles. The monoisotopic (exact) mass is 294 g/mol. The number of carbonyl (C=O) groups is 1. The molecular formula is C16H26N2O3. The van der Waals surface area contributed by atoms with Crippen LogP contribution in [0.15, 0.2) is 12.3 Å². The van der Waals surface area contributed by atoms with Crippen molar-refractivity contribution in [2.75, 3.05) is 18.9 Å². The van der Waals surface area contributed by atoms with E-state index in [-0.39, 0.29) is 5.69 Å². The van der Waals surface area contributed by atoms with Gasteiger partial charge in [0.2, 0.25) is 5.88 Å². The second-order valence-corrected chi connectivity index (χ2v) is 5.03. The largest absolute Gasteiger partial charge is 0.476 e. The summed E-state index contributed by atoms with van der Waals surface area (Å²) < 4.78 is 10.7. The lowest BCUT2D eigenvalue weighted by Crippen LogP contribution is -2.15. The molecule has 118 valence electrons. The summed E-state index contributed by atoms with van der Waals surface area (Å²) in [6, 6.07) is 1.55. The Bertz CT molecular complexity index is 449. The molecule has 0 aliphatic heterocycles. The van der Waals surface area contributed by atoms with Gasteiger partial charge in [0.05, 0.1) is 18.8 Å². The Balaban J connectivity index is 2.71. The lowest BCUT2D eigenvalue weighted by molar-refractivity contribution is 0.0527. The number of anilines is 1. The van der Waals surface area contributed by atoms with Gasteiger partial charge in [0.15, 0.2) is 0 Å². The van der Waals surface area contributed by atoms with Crippen LogP contribution in [0, 0.1) is 5.92 Å². The molecule has 5 nitrogen and oxygen atoms in total. The van der Waals surface area contributed by atoms with E-state index in [1.807, 2.05) is 0 Å². The molecular weight excluding hydrogens is 268 g/mol. The van der Waals surface area contributed by atoms with Gasteiger partial charge in [-0.15, -0.1) is 0 Å². The fourth-order valence-corrected chi connectivity index (χ4v) is 2.05. The summed E-state index contributed by atoms with van der Waals surface area (Å²) in [5.74, 6) is 0.355. The summed E-state index contributed by atoms with van der Waals surface area (Å²) in [7, 11) is 0. The van der Waals surface area contributed by atoms with E-state index in [1.165, 1.54) is 19.0 Å². The van der Waals surface area contributed by atoms with Crippen molar-refractivity contribution >= 4 is 11.7 Å². The number of hydrogen-bond acceptors (Lipinski definition) is 5. The van der Waals surface area contributed by atoms with Crippen LogP contribution in [0.4, 0.5) is 5.69 Å². The smallest absolute Gasteiger partial charge is 0.340 e. The molecule has 0 amide bonds. The molecule has 0 radical (unpaired) electrons. The molecule has 1 heterocycles. The van der Waals surface area contributed by atoms with E-state index in [2.05, 4.69) is 18.8 Å². The first-order valence-electron chi connectivity index (χ1n) is 7.68. The van der Waals surface area contributed by atoms with Gasteiger partial charge in [0.1, 0.15) is 5.69 Å². The molecule has 0 fully saturated rings. The Morgan fingerprint density at radius 3 is 2.76 bits per heavy atom. The highest BCUT2D eigenvalue weighted by Crippen LogP contribution is 2.24. The number of nitrogen functional groups attached to an aromatic ring is 1. The van der Waals surface area contributed by atoms with Crippen LogP contribution < -0.4 is 10.5 Å². The number of hydrogen-bond donors (Lipinski definition) is 1. The maximum atomic E-state index is 11.8. The Hall–Kier alpha value is -1.78. The van der Waals surface area contributed by atoms with Gasteiger partial charge in [-0.2, -0.15) is 0 Å². The van der Waals surface area contributed by atoms with Crippen molar-refractivity contribution in [1.29, 1.82) is 0 Å². The molecule has 0 aliphatic rings.